The molecule has 3 aliphatic rings. The molecule has 13 heteroatoms. The number of amides is 2. The number of nitrogens with one attached hydrogen (secondary N) is 2. The van der Waals surface area contributed by atoms with Gasteiger partial charge in [0.1, 0.15) is 52.0 Å². The van der Waals surface area contributed by atoms with E-state index < -0.39 is 28.6 Å². The van der Waals surface area contributed by atoms with Gasteiger partial charge in [0.05, 0.1) is 30.4 Å². The van der Waals surface area contributed by atoms with E-state index in [0.29, 0.717) is 34.5 Å². The summed E-state index contributed by atoms with van der Waals surface area (Å²) >= 11 is 6.12. The molecule has 2 aliphatic carbocycles. The number of carbonyl (C=O) groups is 2. The maximum atomic E-state index is 15.5. The highest BCUT2D eigenvalue weighted by molar-refractivity contribution is 6.31. The molecule has 5 aromatic rings. The smallest absolute Gasteiger partial charge is 0.251 e. The molecule has 2 fully saturated rings. The Kier molecular flexibility index (Phi) is 7.99. The Balaban J connectivity index is 1.23. The van der Waals surface area contributed by atoms with Crippen LogP contribution < -0.4 is 20.1 Å². The lowest BCUT2D eigenvalue weighted by molar-refractivity contribution is -0.126. The molecule has 1 aliphatic heterocycles. The van der Waals surface area contributed by atoms with Gasteiger partial charge in [-0.25, -0.2) is 13.8 Å². The van der Waals surface area contributed by atoms with Crippen LogP contribution in [-0.2, 0) is 15.8 Å². The monoisotopic (exact) mass is 713 g/mol. The summed E-state index contributed by atoms with van der Waals surface area (Å²) in [5.41, 5.74) is -1.88. The highest BCUT2D eigenvalue weighted by Gasteiger charge is 2.48. The van der Waals surface area contributed by atoms with E-state index in [0.717, 1.165) is 37.1 Å². The Bertz CT molecular complexity index is 2220. The number of aliphatic hydroxyl groups is 1. The first-order chi connectivity index (χ1) is 24.5. The molecule has 8 rings (SSSR count). The fourth-order valence-electron chi connectivity index (χ4n) is 6.54. The highest BCUT2D eigenvalue weighted by atomic mass is 35.5. The minimum Gasteiger partial charge on any atom is -0.494 e. The second-order valence-electron chi connectivity index (χ2n) is 13.7. The number of benzene rings is 3. The van der Waals surface area contributed by atoms with Crippen LogP contribution in [0, 0.1) is 11.6 Å². The van der Waals surface area contributed by atoms with E-state index >= 15 is 4.39 Å². The van der Waals surface area contributed by atoms with Crippen LogP contribution in [0.1, 0.15) is 65.8 Å². The molecule has 2 saturated carbocycles. The van der Waals surface area contributed by atoms with Gasteiger partial charge in [-0.15, -0.1) is 0 Å². The average Bonchev–Trinajstić information content (AvgIpc) is 4.07. The number of hydrogen-bond acceptors (Lipinski definition) is 7. The number of pyridine rings is 1. The minimum absolute atomic E-state index is 0.00251. The van der Waals surface area contributed by atoms with Gasteiger partial charge in [0.2, 0.25) is 5.91 Å². The van der Waals surface area contributed by atoms with Crippen LogP contribution in [0.15, 0.2) is 66.9 Å². The summed E-state index contributed by atoms with van der Waals surface area (Å²) in [7, 11) is 1.51. The molecule has 3 aromatic carbocycles. The molecule has 262 valence electrons. The van der Waals surface area contributed by atoms with Gasteiger partial charge in [-0.1, -0.05) is 41.9 Å². The first kappa shape index (κ1) is 33.1. The number of ether oxygens (including phenoxy) is 2. The minimum atomic E-state index is -2.01. The van der Waals surface area contributed by atoms with Crippen LogP contribution in [0.3, 0.4) is 0 Å². The van der Waals surface area contributed by atoms with Crippen molar-refractivity contribution in [3.05, 3.63) is 106 Å². The molecule has 10 nitrogen and oxygen atoms in total. The Morgan fingerprint density at radius 1 is 1.10 bits per heavy atom. The molecule has 0 unspecified atom stereocenters. The van der Waals surface area contributed by atoms with Gasteiger partial charge in [-0.2, -0.15) is 5.10 Å². The van der Waals surface area contributed by atoms with Crippen molar-refractivity contribution < 1.29 is 33.0 Å². The number of aromatic nitrogens is 3. The molecule has 0 spiro atoms. The van der Waals surface area contributed by atoms with Crippen molar-refractivity contribution in [2.75, 3.05) is 20.3 Å². The third-order valence-electron chi connectivity index (χ3n) is 9.93. The lowest BCUT2D eigenvalue weighted by Gasteiger charge is -2.30. The molecule has 2 atom stereocenters. The summed E-state index contributed by atoms with van der Waals surface area (Å²) in [6.07, 6.45) is 5.68. The number of fused-ring (bicyclic) bond motifs is 2. The summed E-state index contributed by atoms with van der Waals surface area (Å²) in [6.45, 7) is 1.25. The molecule has 0 bridgehead atoms. The second kappa shape index (κ2) is 12.3. The Labute approximate surface area is 296 Å². The lowest BCUT2D eigenvalue weighted by atomic mass is 9.80. The fraction of sp³-hybridized carbons (Fsp3) is 0.316. The molecule has 0 radical (unpaired) electrons. The van der Waals surface area contributed by atoms with Crippen molar-refractivity contribution in [3.63, 3.8) is 0 Å². The van der Waals surface area contributed by atoms with Gasteiger partial charge in [-0.05, 0) is 62.4 Å². The number of methoxy groups -OCH3 is 1. The Hall–Kier alpha value is -5.07. The summed E-state index contributed by atoms with van der Waals surface area (Å²) < 4.78 is 43.4. The summed E-state index contributed by atoms with van der Waals surface area (Å²) in [4.78, 5) is 32.2. The normalized spacial score (nSPS) is 19.3. The molecule has 3 N–H and O–H groups in total. The third-order valence-corrected chi connectivity index (χ3v) is 10.2. The van der Waals surface area contributed by atoms with Crippen molar-refractivity contribution in [2.45, 2.75) is 55.7 Å². The van der Waals surface area contributed by atoms with E-state index in [-0.39, 0.29) is 58.4 Å². The van der Waals surface area contributed by atoms with Gasteiger partial charge in [-0.3, -0.25) is 14.3 Å². The van der Waals surface area contributed by atoms with Gasteiger partial charge in [0.15, 0.2) is 0 Å². The number of nitrogens with zero attached hydrogens (tertiary/aromatic N) is 3. The highest BCUT2D eigenvalue weighted by Crippen LogP contribution is 2.48. The number of hydrogen-bond donors (Lipinski definition) is 3. The van der Waals surface area contributed by atoms with E-state index in [4.69, 9.17) is 26.1 Å². The van der Waals surface area contributed by atoms with Crippen LogP contribution in [0.4, 0.5) is 8.78 Å². The Morgan fingerprint density at radius 2 is 1.86 bits per heavy atom. The van der Waals surface area contributed by atoms with Gasteiger partial charge < -0.3 is 25.2 Å². The molecular formula is C38H34ClF2N5O5. The van der Waals surface area contributed by atoms with Crippen molar-refractivity contribution in [3.8, 4) is 22.8 Å². The van der Waals surface area contributed by atoms with Crippen molar-refractivity contribution in [1.29, 1.82) is 0 Å². The zero-order chi connectivity index (χ0) is 35.7. The summed E-state index contributed by atoms with van der Waals surface area (Å²) in [5.74, 6) is -2.17. The van der Waals surface area contributed by atoms with E-state index in [9.17, 15) is 19.1 Å². The number of rotatable bonds is 10. The Morgan fingerprint density at radius 3 is 2.57 bits per heavy atom. The predicted octanol–water partition coefficient (Wildman–Crippen LogP) is 5.97. The first-order valence-electron chi connectivity index (χ1n) is 16.8. The average molecular weight is 714 g/mol. The van der Waals surface area contributed by atoms with Crippen LogP contribution >= 0.6 is 11.6 Å². The maximum absolute atomic E-state index is 15.5. The molecule has 2 amide bonds. The van der Waals surface area contributed by atoms with Gasteiger partial charge >= 0.3 is 0 Å². The standard InChI is InChI=1S/C38H34ClF2N5O5/c1-37(36(48)43-23-8-9-23)19-51-34-26(37)15-31(44-33(34)25-14-27(39)29(41)16-28(25)40)38(49,22-6-4-3-5-7-22)18-42-35(47)20-12-21-17-46(24-10-11-24)45-32(21)30(13-20)50-2/h3-7,12-17,23-24,49H,8-11,18-19H2,1-2H3,(H,42,47)(H,43,48)/t37-,38+/m0/s1. The summed E-state index contributed by atoms with van der Waals surface area (Å²) in [5, 5.41) is 23.6. The fourth-order valence-corrected chi connectivity index (χ4v) is 6.71. The molecule has 3 heterocycles. The zero-order valence-electron chi connectivity index (χ0n) is 27.8. The van der Waals surface area contributed by atoms with Crippen molar-refractivity contribution in [2.24, 2.45) is 0 Å². The van der Waals surface area contributed by atoms with Crippen molar-refractivity contribution >= 4 is 34.3 Å². The van der Waals surface area contributed by atoms with Crippen LogP contribution in [0.25, 0.3) is 22.2 Å². The third kappa shape index (κ3) is 5.85. The maximum Gasteiger partial charge on any atom is 0.251 e. The number of carbonyl (C=O) groups excluding carboxylic acids is 2. The van der Waals surface area contributed by atoms with Crippen LogP contribution in [-0.4, -0.2) is 58.0 Å². The van der Waals surface area contributed by atoms with E-state index in [1.807, 2.05) is 10.9 Å². The second-order valence-corrected chi connectivity index (χ2v) is 14.1. The molecule has 51 heavy (non-hydrogen) atoms. The van der Waals surface area contributed by atoms with E-state index in [1.165, 1.54) is 7.11 Å². The van der Waals surface area contributed by atoms with Crippen LogP contribution in [0.5, 0.6) is 11.5 Å². The number of halogens is 3. The largest absolute Gasteiger partial charge is 0.494 e. The van der Waals surface area contributed by atoms with Crippen molar-refractivity contribution in [1.82, 2.24) is 25.4 Å². The van der Waals surface area contributed by atoms with Gasteiger partial charge in [0.25, 0.3) is 5.91 Å². The predicted molar refractivity (Wildman–Crippen MR) is 185 cm³/mol. The van der Waals surface area contributed by atoms with E-state index in [2.05, 4.69) is 15.7 Å². The molecule has 0 saturated heterocycles. The van der Waals surface area contributed by atoms with Crippen LogP contribution in [0.2, 0.25) is 5.02 Å². The topological polar surface area (TPSA) is 128 Å². The SMILES string of the molecule is COc1cc(C(=O)NC[C@@](O)(c2ccccc2)c2cc3c(c(-c4cc(Cl)c(F)cc4F)n2)OC[C@]3(C)C(=O)NC2CC2)cc2cn(C3CC3)nc12. The van der Waals surface area contributed by atoms with Gasteiger partial charge in [0, 0.05) is 40.4 Å². The quantitative estimate of drug-likeness (QED) is 0.152. The zero-order valence-corrected chi connectivity index (χ0v) is 28.6. The molecule has 2 aromatic heterocycles. The van der Waals surface area contributed by atoms with E-state index in [1.54, 1.807) is 55.5 Å². The summed E-state index contributed by atoms with van der Waals surface area (Å²) in [6, 6.07) is 15.6. The lowest BCUT2D eigenvalue weighted by Crippen LogP contribution is -2.45. The molecular weight excluding hydrogens is 680 g/mol. The first-order valence-corrected chi connectivity index (χ1v) is 17.1.